The Morgan fingerprint density at radius 3 is 2.83 bits per heavy atom. The molecule has 4 heteroatoms. The first-order valence-corrected chi connectivity index (χ1v) is 7.08. The lowest BCUT2D eigenvalue weighted by atomic mass is 10.0. The van der Waals surface area contributed by atoms with E-state index >= 15 is 0 Å². The van der Waals surface area contributed by atoms with Crippen LogP contribution in [0.2, 0.25) is 0 Å². The van der Waals surface area contributed by atoms with Crippen molar-refractivity contribution in [1.82, 2.24) is 10.3 Å². The summed E-state index contributed by atoms with van der Waals surface area (Å²) >= 11 is 1.66. The van der Waals surface area contributed by atoms with E-state index < -0.39 is 0 Å². The van der Waals surface area contributed by atoms with E-state index in [-0.39, 0.29) is 6.04 Å². The molecule has 0 aliphatic carbocycles. The topological polar surface area (TPSA) is 34.2 Å². The molecule has 0 radical (unpaired) electrons. The van der Waals surface area contributed by atoms with Gasteiger partial charge in [0.05, 0.1) is 18.2 Å². The van der Waals surface area contributed by atoms with Crippen molar-refractivity contribution in [2.45, 2.75) is 19.9 Å². The van der Waals surface area contributed by atoms with Crippen molar-refractivity contribution >= 4 is 11.3 Å². The Bertz CT molecular complexity index is 470. The standard InChI is InChI=1S/C14H18N2OS/c1-3-16-14(13-9-15-10-18-13)11-7-5-6-8-12(11)17-4-2/h5-10,14,16H,3-4H2,1-2H3. The summed E-state index contributed by atoms with van der Waals surface area (Å²) in [6.45, 7) is 5.70. The highest BCUT2D eigenvalue weighted by molar-refractivity contribution is 7.09. The summed E-state index contributed by atoms with van der Waals surface area (Å²) in [5.41, 5.74) is 3.04. The largest absolute Gasteiger partial charge is 0.494 e. The summed E-state index contributed by atoms with van der Waals surface area (Å²) in [6, 6.07) is 8.33. The Morgan fingerprint density at radius 1 is 1.33 bits per heavy atom. The van der Waals surface area contributed by atoms with E-state index in [9.17, 15) is 0 Å². The number of rotatable bonds is 6. The van der Waals surface area contributed by atoms with Gasteiger partial charge >= 0.3 is 0 Å². The molecule has 18 heavy (non-hydrogen) atoms. The Morgan fingerprint density at radius 2 is 2.17 bits per heavy atom. The van der Waals surface area contributed by atoms with Crippen LogP contribution in [-0.4, -0.2) is 18.1 Å². The molecule has 0 saturated heterocycles. The minimum atomic E-state index is 0.158. The van der Waals surface area contributed by atoms with Gasteiger partial charge in [0.25, 0.3) is 0 Å². The van der Waals surface area contributed by atoms with Gasteiger partial charge in [-0.25, -0.2) is 0 Å². The van der Waals surface area contributed by atoms with Gasteiger partial charge in [0, 0.05) is 16.6 Å². The molecule has 2 rings (SSSR count). The number of para-hydroxylation sites is 1. The van der Waals surface area contributed by atoms with E-state index in [2.05, 4.69) is 23.3 Å². The van der Waals surface area contributed by atoms with E-state index in [1.807, 2.05) is 36.8 Å². The Labute approximate surface area is 112 Å². The van der Waals surface area contributed by atoms with E-state index in [4.69, 9.17) is 4.74 Å². The summed E-state index contributed by atoms with van der Waals surface area (Å²) in [5, 5.41) is 3.49. The number of ether oxygens (including phenoxy) is 1. The molecule has 0 saturated carbocycles. The lowest BCUT2D eigenvalue weighted by molar-refractivity contribution is 0.334. The fraction of sp³-hybridized carbons (Fsp3) is 0.357. The molecule has 96 valence electrons. The van der Waals surface area contributed by atoms with Crippen LogP contribution in [0.1, 0.15) is 30.3 Å². The molecule has 1 N–H and O–H groups in total. The van der Waals surface area contributed by atoms with Crippen molar-refractivity contribution in [3.8, 4) is 5.75 Å². The second-order valence-electron chi connectivity index (χ2n) is 3.87. The molecule has 0 amide bonds. The molecule has 0 aliphatic rings. The first-order valence-electron chi connectivity index (χ1n) is 6.20. The molecule has 0 bridgehead atoms. The van der Waals surface area contributed by atoms with Crippen molar-refractivity contribution in [2.75, 3.05) is 13.2 Å². The molecule has 0 fully saturated rings. The normalized spacial score (nSPS) is 12.3. The van der Waals surface area contributed by atoms with Crippen LogP contribution in [0.5, 0.6) is 5.75 Å². The third kappa shape index (κ3) is 2.89. The maximum atomic E-state index is 5.71. The third-order valence-corrected chi connectivity index (χ3v) is 3.51. The van der Waals surface area contributed by atoms with E-state index in [1.54, 1.807) is 11.3 Å². The quantitative estimate of drug-likeness (QED) is 0.867. The van der Waals surface area contributed by atoms with Gasteiger partial charge in [-0.3, -0.25) is 4.98 Å². The van der Waals surface area contributed by atoms with Gasteiger partial charge in [0.15, 0.2) is 0 Å². The fourth-order valence-corrected chi connectivity index (χ4v) is 2.65. The van der Waals surface area contributed by atoms with E-state index in [1.165, 1.54) is 10.4 Å². The van der Waals surface area contributed by atoms with Gasteiger partial charge in [0.2, 0.25) is 0 Å². The minimum Gasteiger partial charge on any atom is -0.494 e. The average molecular weight is 262 g/mol. The van der Waals surface area contributed by atoms with Crippen LogP contribution in [0.3, 0.4) is 0 Å². The zero-order valence-corrected chi connectivity index (χ0v) is 11.5. The van der Waals surface area contributed by atoms with Crippen LogP contribution in [0.4, 0.5) is 0 Å². The van der Waals surface area contributed by atoms with Crippen LogP contribution in [0.15, 0.2) is 36.0 Å². The molecular weight excluding hydrogens is 244 g/mol. The molecule has 1 aromatic heterocycles. The van der Waals surface area contributed by atoms with Crippen molar-refractivity contribution in [2.24, 2.45) is 0 Å². The van der Waals surface area contributed by atoms with E-state index in [0.29, 0.717) is 6.61 Å². The molecule has 0 spiro atoms. The monoisotopic (exact) mass is 262 g/mol. The lowest BCUT2D eigenvalue weighted by Crippen LogP contribution is -2.21. The van der Waals surface area contributed by atoms with Crippen LogP contribution in [-0.2, 0) is 0 Å². The smallest absolute Gasteiger partial charge is 0.124 e. The number of aromatic nitrogens is 1. The molecule has 0 aliphatic heterocycles. The fourth-order valence-electron chi connectivity index (χ4n) is 1.94. The Kier molecular flexibility index (Phi) is 4.73. The van der Waals surface area contributed by atoms with Crippen molar-refractivity contribution in [3.63, 3.8) is 0 Å². The second-order valence-corrected chi connectivity index (χ2v) is 4.78. The van der Waals surface area contributed by atoms with Gasteiger partial charge in [-0.2, -0.15) is 0 Å². The van der Waals surface area contributed by atoms with Gasteiger partial charge in [0.1, 0.15) is 5.75 Å². The summed E-state index contributed by atoms with van der Waals surface area (Å²) < 4.78 is 5.71. The highest BCUT2D eigenvalue weighted by Crippen LogP contribution is 2.31. The Balaban J connectivity index is 2.36. The average Bonchev–Trinajstić information content (AvgIpc) is 2.91. The lowest BCUT2D eigenvalue weighted by Gasteiger charge is -2.19. The van der Waals surface area contributed by atoms with Crippen LogP contribution in [0, 0.1) is 0 Å². The zero-order valence-electron chi connectivity index (χ0n) is 10.7. The van der Waals surface area contributed by atoms with E-state index in [0.717, 1.165) is 12.3 Å². The van der Waals surface area contributed by atoms with Gasteiger partial charge in [-0.1, -0.05) is 25.1 Å². The maximum Gasteiger partial charge on any atom is 0.124 e. The zero-order chi connectivity index (χ0) is 12.8. The molecule has 1 aromatic carbocycles. The molecule has 1 heterocycles. The molecule has 1 atom stereocenters. The highest BCUT2D eigenvalue weighted by Gasteiger charge is 2.18. The first-order chi connectivity index (χ1) is 8.86. The molecule has 3 nitrogen and oxygen atoms in total. The number of hydrogen-bond donors (Lipinski definition) is 1. The van der Waals surface area contributed by atoms with Crippen LogP contribution >= 0.6 is 11.3 Å². The molecular formula is C14H18N2OS. The summed E-state index contributed by atoms with van der Waals surface area (Å²) in [7, 11) is 0. The van der Waals surface area contributed by atoms with Crippen LogP contribution in [0.25, 0.3) is 0 Å². The van der Waals surface area contributed by atoms with Gasteiger partial charge < -0.3 is 10.1 Å². The summed E-state index contributed by atoms with van der Waals surface area (Å²) in [5.74, 6) is 0.944. The van der Waals surface area contributed by atoms with Crippen molar-refractivity contribution < 1.29 is 4.74 Å². The first kappa shape index (κ1) is 13.1. The highest BCUT2D eigenvalue weighted by atomic mass is 32.1. The number of thiazole rings is 1. The summed E-state index contributed by atoms with van der Waals surface area (Å²) in [4.78, 5) is 5.38. The second kappa shape index (κ2) is 6.52. The van der Waals surface area contributed by atoms with Crippen LogP contribution < -0.4 is 10.1 Å². The van der Waals surface area contributed by atoms with Crippen molar-refractivity contribution in [1.29, 1.82) is 0 Å². The van der Waals surface area contributed by atoms with Crippen molar-refractivity contribution in [3.05, 3.63) is 46.4 Å². The minimum absolute atomic E-state index is 0.158. The summed E-state index contributed by atoms with van der Waals surface area (Å²) in [6.07, 6.45) is 1.92. The number of nitrogens with zero attached hydrogens (tertiary/aromatic N) is 1. The maximum absolute atomic E-state index is 5.71. The predicted octanol–water partition coefficient (Wildman–Crippen LogP) is 3.24. The number of nitrogens with one attached hydrogen (secondary N) is 1. The number of hydrogen-bond acceptors (Lipinski definition) is 4. The van der Waals surface area contributed by atoms with Gasteiger partial charge in [-0.15, -0.1) is 11.3 Å². The number of benzene rings is 1. The molecule has 2 aromatic rings. The Hall–Kier alpha value is -1.39. The molecule has 1 unspecified atom stereocenters. The van der Waals surface area contributed by atoms with Gasteiger partial charge in [-0.05, 0) is 19.5 Å². The third-order valence-electron chi connectivity index (χ3n) is 2.67. The predicted molar refractivity (Wildman–Crippen MR) is 75.2 cm³/mol. The SMILES string of the molecule is CCNC(c1cncs1)c1ccccc1OCC.